The Kier molecular flexibility index (Phi) is 4.42. The summed E-state index contributed by atoms with van der Waals surface area (Å²) < 4.78 is 0. The number of nitrogens with one attached hydrogen (secondary N) is 1. The molecule has 2 N–H and O–H groups in total. The van der Waals surface area contributed by atoms with Crippen LogP contribution in [0.5, 0.6) is 0 Å². The minimum atomic E-state index is -0.927. The quantitative estimate of drug-likeness (QED) is 0.831. The number of carboxylic acids is 1. The van der Waals surface area contributed by atoms with Crippen LogP contribution in [0.15, 0.2) is 23.1 Å². The lowest BCUT2D eigenvalue weighted by Crippen LogP contribution is -2.46. The van der Waals surface area contributed by atoms with Crippen molar-refractivity contribution in [2.24, 2.45) is 5.92 Å². The molecule has 1 aromatic carbocycles. The molecule has 2 heterocycles. The number of carboxylic acid groups (broad SMARTS) is 1. The van der Waals surface area contributed by atoms with Crippen molar-refractivity contribution in [1.82, 2.24) is 4.90 Å². The number of likely N-dealkylation sites (tertiary alicyclic amines) is 1. The number of benzene rings is 1. The third-order valence-corrected chi connectivity index (χ3v) is 6.94. The fourth-order valence-electron chi connectivity index (χ4n) is 4.46. The highest BCUT2D eigenvalue weighted by Gasteiger charge is 2.47. The number of hydrogen-bond donors (Lipinski definition) is 2. The van der Waals surface area contributed by atoms with Crippen molar-refractivity contribution in [3.05, 3.63) is 23.8 Å². The van der Waals surface area contributed by atoms with Gasteiger partial charge < -0.3 is 15.3 Å². The number of amides is 2. The summed E-state index contributed by atoms with van der Waals surface area (Å²) in [7, 11) is 0. The molecule has 3 aliphatic rings. The highest BCUT2D eigenvalue weighted by Crippen LogP contribution is 2.41. The number of rotatable bonds is 2. The standard InChI is InChI=1S/C19H22N2O4S/c1-10-17(22)20-13-8-12(6-7-16(13)26-10)18(23)21-14-5-3-2-4-11(14)9-15(21)19(24)25/h6-8,10-11,14-15H,2-5,9H2,1H3,(H,20,22)(H,24,25)/t10-,11-,14-,15-/m0/s1. The smallest absolute Gasteiger partial charge is 0.326 e. The molecule has 2 amide bonds. The van der Waals surface area contributed by atoms with Gasteiger partial charge in [0.05, 0.1) is 10.9 Å². The average molecular weight is 374 g/mol. The molecule has 4 atom stereocenters. The number of thioether (sulfide) groups is 1. The molecule has 1 saturated carbocycles. The summed E-state index contributed by atoms with van der Waals surface area (Å²) in [6.45, 7) is 1.84. The molecule has 2 aliphatic heterocycles. The Bertz CT molecular complexity index is 781. The molecule has 1 aliphatic carbocycles. The van der Waals surface area contributed by atoms with Crippen molar-refractivity contribution in [1.29, 1.82) is 0 Å². The van der Waals surface area contributed by atoms with Gasteiger partial charge in [0.1, 0.15) is 6.04 Å². The monoisotopic (exact) mass is 374 g/mol. The van der Waals surface area contributed by atoms with Crippen molar-refractivity contribution in [2.75, 3.05) is 5.32 Å². The van der Waals surface area contributed by atoms with Gasteiger partial charge in [0.15, 0.2) is 0 Å². The highest BCUT2D eigenvalue weighted by atomic mass is 32.2. The molecular formula is C19H22N2O4S. The van der Waals surface area contributed by atoms with Gasteiger partial charge in [-0.15, -0.1) is 11.8 Å². The van der Waals surface area contributed by atoms with Gasteiger partial charge in [0.25, 0.3) is 5.91 Å². The second-order valence-electron chi connectivity index (χ2n) is 7.37. The van der Waals surface area contributed by atoms with Gasteiger partial charge in [-0.3, -0.25) is 9.59 Å². The normalized spacial score (nSPS) is 30.3. The van der Waals surface area contributed by atoms with E-state index in [1.54, 1.807) is 17.0 Å². The Morgan fingerprint density at radius 1 is 1.27 bits per heavy atom. The predicted molar refractivity (Wildman–Crippen MR) is 98.3 cm³/mol. The summed E-state index contributed by atoms with van der Waals surface area (Å²) in [5.41, 5.74) is 1.08. The summed E-state index contributed by atoms with van der Waals surface area (Å²) in [6, 6.07) is 4.53. The Morgan fingerprint density at radius 3 is 2.81 bits per heavy atom. The second kappa shape index (κ2) is 6.61. The molecular weight excluding hydrogens is 352 g/mol. The van der Waals surface area contributed by atoms with Gasteiger partial charge in [-0.05, 0) is 50.3 Å². The van der Waals surface area contributed by atoms with Gasteiger partial charge in [0, 0.05) is 16.5 Å². The number of hydrogen-bond acceptors (Lipinski definition) is 4. The summed E-state index contributed by atoms with van der Waals surface area (Å²) in [6.07, 6.45) is 4.55. The zero-order chi connectivity index (χ0) is 18.4. The van der Waals surface area contributed by atoms with Crippen LogP contribution in [0.25, 0.3) is 0 Å². The molecule has 26 heavy (non-hydrogen) atoms. The predicted octanol–water partition coefficient (Wildman–Crippen LogP) is 2.98. The van der Waals surface area contributed by atoms with E-state index in [0.29, 0.717) is 17.7 Å². The number of carbonyl (C=O) groups is 3. The summed E-state index contributed by atoms with van der Waals surface area (Å²) in [4.78, 5) is 39.4. The lowest BCUT2D eigenvalue weighted by Gasteiger charge is -2.33. The minimum Gasteiger partial charge on any atom is -0.480 e. The molecule has 0 bridgehead atoms. The fourth-order valence-corrected chi connectivity index (χ4v) is 5.39. The SMILES string of the molecule is C[C@@H]1Sc2ccc(C(=O)N3[C@H](C(=O)O)C[C@@H]4CCCC[C@@H]43)cc2NC1=O. The van der Waals surface area contributed by atoms with Gasteiger partial charge in [-0.25, -0.2) is 4.79 Å². The van der Waals surface area contributed by atoms with Crippen molar-refractivity contribution in [3.63, 3.8) is 0 Å². The van der Waals surface area contributed by atoms with Crippen LogP contribution < -0.4 is 5.32 Å². The molecule has 0 aromatic heterocycles. The van der Waals surface area contributed by atoms with Crippen molar-refractivity contribution in [3.8, 4) is 0 Å². The molecule has 138 valence electrons. The van der Waals surface area contributed by atoms with E-state index in [4.69, 9.17) is 0 Å². The lowest BCUT2D eigenvalue weighted by atomic mass is 9.84. The average Bonchev–Trinajstić information content (AvgIpc) is 3.01. The molecule has 0 radical (unpaired) electrons. The molecule has 7 heteroatoms. The highest BCUT2D eigenvalue weighted by molar-refractivity contribution is 8.00. The first-order valence-electron chi connectivity index (χ1n) is 9.12. The molecule has 1 saturated heterocycles. The second-order valence-corrected chi connectivity index (χ2v) is 8.76. The first-order chi connectivity index (χ1) is 12.5. The maximum absolute atomic E-state index is 13.2. The van der Waals surface area contributed by atoms with E-state index in [1.165, 1.54) is 11.8 Å². The Balaban J connectivity index is 1.65. The summed E-state index contributed by atoms with van der Waals surface area (Å²) >= 11 is 1.47. The van der Waals surface area contributed by atoms with Crippen LogP contribution in [0, 0.1) is 5.92 Å². The van der Waals surface area contributed by atoms with Gasteiger partial charge in [-0.2, -0.15) is 0 Å². The van der Waals surface area contributed by atoms with Crippen LogP contribution >= 0.6 is 11.8 Å². The van der Waals surface area contributed by atoms with Crippen LogP contribution in [0.1, 0.15) is 49.4 Å². The first-order valence-corrected chi connectivity index (χ1v) is 10.0. The number of carbonyl (C=O) groups excluding carboxylic acids is 2. The summed E-state index contributed by atoms with van der Waals surface area (Å²) in [5, 5.41) is 12.3. The molecule has 0 unspecified atom stereocenters. The van der Waals surface area contributed by atoms with Crippen LogP contribution in [-0.4, -0.2) is 45.1 Å². The lowest BCUT2D eigenvalue weighted by molar-refractivity contribution is -0.141. The van der Waals surface area contributed by atoms with Crippen LogP contribution in [0.2, 0.25) is 0 Å². The Morgan fingerprint density at radius 2 is 2.04 bits per heavy atom. The maximum atomic E-state index is 13.2. The van der Waals surface area contributed by atoms with Gasteiger partial charge >= 0.3 is 5.97 Å². The molecule has 0 spiro atoms. The van der Waals surface area contributed by atoms with E-state index in [0.717, 1.165) is 30.6 Å². The van der Waals surface area contributed by atoms with Crippen molar-refractivity contribution in [2.45, 2.75) is 61.3 Å². The van der Waals surface area contributed by atoms with Crippen LogP contribution in [0.3, 0.4) is 0 Å². The number of anilines is 1. The van der Waals surface area contributed by atoms with Crippen LogP contribution in [0.4, 0.5) is 5.69 Å². The topological polar surface area (TPSA) is 86.7 Å². The summed E-state index contributed by atoms with van der Waals surface area (Å²) in [5.74, 6) is -0.970. The van der Waals surface area contributed by atoms with E-state index in [1.807, 2.05) is 13.0 Å². The van der Waals surface area contributed by atoms with Gasteiger partial charge in [0.2, 0.25) is 5.91 Å². The Hall–Kier alpha value is -2.02. The third-order valence-electron chi connectivity index (χ3n) is 5.76. The first kappa shape index (κ1) is 17.4. The van der Waals surface area contributed by atoms with E-state index in [9.17, 15) is 19.5 Å². The molecule has 4 rings (SSSR count). The van der Waals surface area contributed by atoms with Crippen molar-refractivity contribution < 1.29 is 19.5 Å². The van der Waals surface area contributed by atoms with E-state index in [-0.39, 0.29) is 29.0 Å². The largest absolute Gasteiger partial charge is 0.480 e. The van der Waals surface area contributed by atoms with Crippen LogP contribution in [-0.2, 0) is 9.59 Å². The number of nitrogens with zero attached hydrogens (tertiary/aromatic N) is 1. The maximum Gasteiger partial charge on any atom is 0.326 e. The molecule has 1 aromatic rings. The minimum absolute atomic E-state index is 0.0115. The van der Waals surface area contributed by atoms with Crippen molar-refractivity contribution >= 4 is 35.2 Å². The van der Waals surface area contributed by atoms with Gasteiger partial charge in [-0.1, -0.05) is 12.8 Å². The zero-order valence-corrected chi connectivity index (χ0v) is 15.4. The molecule has 2 fully saturated rings. The molecule has 6 nitrogen and oxygen atoms in total. The zero-order valence-electron chi connectivity index (χ0n) is 14.6. The number of aliphatic carboxylic acids is 1. The van der Waals surface area contributed by atoms with E-state index >= 15 is 0 Å². The number of fused-ring (bicyclic) bond motifs is 2. The third kappa shape index (κ3) is 2.88. The van der Waals surface area contributed by atoms with E-state index in [2.05, 4.69) is 5.32 Å². The van der Waals surface area contributed by atoms with E-state index < -0.39 is 12.0 Å². The fraction of sp³-hybridized carbons (Fsp3) is 0.526. The Labute approximate surface area is 156 Å².